The van der Waals surface area contributed by atoms with Crippen molar-refractivity contribution < 1.29 is 8.83 Å². The first-order valence-electron chi connectivity index (χ1n) is 18.8. The Morgan fingerprint density at radius 1 is 0.304 bits per heavy atom. The van der Waals surface area contributed by atoms with Gasteiger partial charge in [0.25, 0.3) is 0 Å². The van der Waals surface area contributed by atoms with E-state index in [9.17, 15) is 0 Å². The van der Waals surface area contributed by atoms with Crippen LogP contribution in [0.3, 0.4) is 0 Å². The van der Waals surface area contributed by atoms with E-state index in [0.29, 0.717) is 5.82 Å². The molecule has 4 nitrogen and oxygen atoms in total. The van der Waals surface area contributed by atoms with Crippen LogP contribution >= 0.6 is 0 Å². The Hall–Kier alpha value is -7.56. The number of para-hydroxylation sites is 3. The zero-order valence-electron chi connectivity index (χ0n) is 30.2. The Balaban J connectivity index is 1.05. The largest absolute Gasteiger partial charge is 0.455 e. The molecule has 8 aromatic carbocycles. The predicted octanol–water partition coefficient (Wildman–Crippen LogP) is 14.3. The van der Waals surface area contributed by atoms with Crippen molar-refractivity contribution in [3.8, 4) is 67.3 Å². The van der Waals surface area contributed by atoms with E-state index < -0.39 is 0 Å². The predicted molar refractivity (Wildman–Crippen MR) is 229 cm³/mol. The molecule has 3 aromatic heterocycles. The summed E-state index contributed by atoms with van der Waals surface area (Å²) in [7, 11) is 0. The highest BCUT2D eigenvalue weighted by Gasteiger charge is 2.21. The van der Waals surface area contributed by atoms with E-state index in [1.54, 1.807) is 0 Å². The van der Waals surface area contributed by atoms with Gasteiger partial charge in [-0.3, -0.25) is 0 Å². The SMILES string of the molecule is c1ccc(-c2cc(-c3ccccc3-c3ccccc3)nc(-c3ccc(-c4ccc(-c5cccc6c5oc5ccccc56)c5c4oc4ccccc45)cc3)n2)cc1. The fourth-order valence-electron chi connectivity index (χ4n) is 8.09. The van der Waals surface area contributed by atoms with Crippen LogP contribution in [-0.2, 0) is 0 Å². The quantitative estimate of drug-likeness (QED) is 0.172. The molecule has 0 N–H and O–H groups in total. The molecule has 0 atom stereocenters. The highest BCUT2D eigenvalue weighted by atomic mass is 16.3. The van der Waals surface area contributed by atoms with Crippen molar-refractivity contribution in [3.05, 3.63) is 194 Å². The minimum atomic E-state index is 0.666. The molecule has 0 bridgehead atoms. The van der Waals surface area contributed by atoms with Crippen LogP contribution in [0, 0.1) is 0 Å². The zero-order chi connectivity index (χ0) is 37.0. The molecular formula is C52H32N2O2. The molecule has 0 amide bonds. The molecule has 0 unspecified atom stereocenters. The van der Waals surface area contributed by atoms with Crippen molar-refractivity contribution in [2.24, 2.45) is 0 Å². The summed E-state index contributed by atoms with van der Waals surface area (Å²) in [5.41, 5.74) is 14.7. The van der Waals surface area contributed by atoms with Crippen LogP contribution in [0.15, 0.2) is 203 Å². The van der Waals surface area contributed by atoms with Gasteiger partial charge in [-0.15, -0.1) is 0 Å². The summed E-state index contributed by atoms with van der Waals surface area (Å²) in [6.07, 6.45) is 0. The lowest BCUT2D eigenvalue weighted by molar-refractivity contribution is 0.669. The second-order valence-electron chi connectivity index (χ2n) is 14.1. The van der Waals surface area contributed by atoms with Gasteiger partial charge >= 0.3 is 0 Å². The molecule has 262 valence electrons. The Morgan fingerprint density at radius 2 is 0.839 bits per heavy atom. The van der Waals surface area contributed by atoms with Crippen molar-refractivity contribution >= 4 is 43.9 Å². The molecule has 11 rings (SSSR count). The summed E-state index contributed by atoms with van der Waals surface area (Å²) < 4.78 is 13.2. The molecule has 0 radical (unpaired) electrons. The highest BCUT2D eigenvalue weighted by molar-refractivity contribution is 6.19. The average molecular weight is 717 g/mol. The third kappa shape index (κ3) is 5.31. The van der Waals surface area contributed by atoms with Crippen LogP contribution in [0.25, 0.3) is 111 Å². The number of fused-ring (bicyclic) bond motifs is 6. The number of hydrogen-bond acceptors (Lipinski definition) is 4. The van der Waals surface area contributed by atoms with Crippen LogP contribution in [0.2, 0.25) is 0 Å². The number of aromatic nitrogens is 2. The molecule has 3 heterocycles. The van der Waals surface area contributed by atoms with E-state index >= 15 is 0 Å². The standard InChI is InChI=1S/C52H32N2O2/c1-3-14-33(15-4-1)37-18-7-8-19-39(37)46-32-45(35-16-5-2-6-17-35)53-52(54-46)36-28-26-34(27-29-36)38-30-31-41(49-44-21-10-12-25-48(44)56-51(38)49)43-23-13-22-42-40-20-9-11-24-47(40)55-50(42)43/h1-32H. The van der Waals surface area contributed by atoms with Gasteiger partial charge < -0.3 is 8.83 Å². The highest BCUT2D eigenvalue weighted by Crippen LogP contribution is 2.45. The van der Waals surface area contributed by atoms with Crippen LogP contribution in [-0.4, -0.2) is 9.97 Å². The van der Waals surface area contributed by atoms with E-state index in [1.807, 2.05) is 48.5 Å². The summed E-state index contributed by atoms with van der Waals surface area (Å²) in [6, 6.07) is 67.1. The topological polar surface area (TPSA) is 52.1 Å². The van der Waals surface area contributed by atoms with Crippen LogP contribution in [0.5, 0.6) is 0 Å². The Morgan fingerprint density at radius 3 is 1.62 bits per heavy atom. The van der Waals surface area contributed by atoms with Gasteiger partial charge in [-0.05, 0) is 46.5 Å². The molecule has 0 saturated carbocycles. The maximum Gasteiger partial charge on any atom is 0.160 e. The molecule has 11 aromatic rings. The molecule has 0 spiro atoms. The number of hydrogen-bond donors (Lipinski definition) is 0. The van der Waals surface area contributed by atoms with Gasteiger partial charge in [0, 0.05) is 49.4 Å². The first-order chi connectivity index (χ1) is 27.8. The fourth-order valence-corrected chi connectivity index (χ4v) is 8.09. The Labute approximate surface area is 323 Å². The Kier molecular flexibility index (Phi) is 7.46. The van der Waals surface area contributed by atoms with Crippen LogP contribution in [0.1, 0.15) is 0 Å². The summed E-state index contributed by atoms with van der Waals surface area (Å²) >= 11 is 0. The second-order valence-corrected chi connectivity index (χ2v) is 14.1. The summed E-state index contributed by atoms with van der Waals surface area (Å²) in [6.45, 7) is 0. The first kappa shape index (κ1) is 31.9. The molecule has 0 fully saturated rings. The third-order valence-electron chi connectivity index (χ3n) is 10.8. The van der Waals surface area contributed by atoms with Gasteiger partial charge in [0.1, 0.15) is 22.3 Å². The van der Waals surface area contributed by atoms with Crippen molar-refractivity contribution in [2.45, 2.75) is 0 Å². The smallest absolute Gasteiger partial charge is 0.160 e. The van der Waals surface area contributed by atoms with Crippen molar-refractivity contribution in [3.63, 3.8) is 0 Å². The summed E-state index contributed by atoms with van der Waals surface area (Å²) in [4.78, 5) is 10.3. The third-order valence-corrected chi connectivity index (χ3v) is 10.8. The molecule has 0 aliphatic rings. The number of rotatable bonds is 6. The van der Waals surface area contributed by atoms with Gasteiger partial charge in [0.2, 0.25) is 0 Å². The lowest BCUT2D eigenvalue weighted by Gasteiger charge is -2.13. The molecule has 0 saturated heterocycles. The fraction of sp³-hybridized carbons (Fsp3) is 0. The number of benzene rings is 8. The summed E-state index contributed by atoms with van der Waals surface area (Å²) in [5, 5.41) is 4.35. The summed E-state index contributed by atoms with van der Waals surface area (Å²) in [5.74, 6) is 0.666. The van der Waals surface area contributed by atoms with Crippen molar-refractivity contribution in [2.75, 3.05) is 0 Å². The maximum absolute atomic E-state index is 6.71. The van der Waals surface area contributed by atoms with Gasteiger partial charge in [-0.1, -0.05) is 170 Å². The normalized spacial score (nSPS) is 11.6. The minimum absolute atomic E-state index is 0.666. The first-order valence-corrected chi connectivity index (χ1v) is 18.8. The molecular weight excluding hydrogens is 685 g/mol. The monoisotopic (exact) mass is 716 g/mol. The van der Waals surface area contributed by atoms with Gasteiger partial charge in [-0.25, -0.2) is 9.97 Å². The van der Waals surface area contributed by atoms with E-state index in [-0.39, 0.29) is 0 Å². The second kappa shape index (κ2) is 13.1. The van der Waals surface area contributed by atoms with Crippen molar-refractivity contribution in [1.29, 1.82) is 0 Å². The van der Waals surface area contributed by atoms with Gasteiger partial charge in [-0.2, -0.15) is 0 Å². The van der Waals surface area contributed by atoms with E-state index in [2.05, 4.69) is 146 Å². The zero-order valence-corrected chi connectivity index (χ0v) is 30.2. The maximum atomic E-state index is 6.71. The number of furan rings is 2. The lowest BCUT2D eigenvalue weighted by Crippen LogP contribution is -1.97. The van der Waals surface area contributed by atoms with Crippen LogP contribution in [0.4, 0.5) is 0 Å². The molecule has 4 heteroatoms. The van der Waals surface area contributed by atoms with Crippen molar-refractivity contribution in [1.82, 2.24) is 9.97 Å². The molecule has 0 aliphatic carbocycles. The van der Waals surface area contributed by atoms with E-state index in [4.69, 9.17) is 18.8 Å². The van der Waals surface area contributed by atoms with E-state index in [0.717, 1.165) is 105 Å². The van der Waals surface area contributed by atoms with Gasteiger partial charge in [0.05, 0.1) is 11.4 Å². The van der Waals surface area contributed by atoms with Crippen LogP contribution < -0.4 is 0 Å². The average Bonchev–Trinajstić information content (AvgIpc) is 3.86. The van der Waals surface area contributed by atoms with E-state index in [1.165, 1.54) is 0 Å². The molecule has 0 aliphatic heterocycles. The molecule has 56 heavy (non-hydrogen) atoms. The Bertz CT molecular complexity index is 3230. The van der Waals surface area contributed by atoms with Gasteiger partial charge in [0.15, 0.2) is 5.82 Å². The number of nitrogens with zero attached hydrogens (tertiary/aromatic N) is 2. The minimum Gasteiger partial charge on any atom is -0.455 e. The lowest BCUT2D eigenvalue weighted by atomic mass is 9.93.